The van der Waals surface area contributed by atoms with Crippen LogP contribution in [0.4, 0.5) is 0 Å². The van der Waals surface area contributed by atoms with Crippen molar-refractivity contribution in [3.05, 3.63) is 0 Å². The fourth-order valence-corrected chi connectivity index (χ4v) is 4.09. The normalized spacial score (nSPS) is 16.1. The Bertz CT molecular complexity index is 516. The van der Waals surface area contributed by atoms with Crippen LogP contribution in [0.1, 0.15) is 54.9 Å². The minimum atomic E-state index is -3.49. The van der Waals surface area contributed by atoms with E-state index in [0.29, 0.717) is 0 Å². The number of hydrogen-bond acceptors (Lipinski definition) is 4. The zero-order chi connectivity index (χ0) is 19.5. The second-order valence-electron chi connectivity index (χ2n) is 8.72. The lowest BCUT2D eigenvalue weighted by atomic mass is 9.90. The largest absolute Gasteiger partial charge is 0.376 e. The minimum absolute atomic E-state index is 0.0594. The number of rotatable bonds is 7. The molecule has 0 spiro atoms. The monoisotopic (exact) mass is 364 g/mol. The van der Waals surface area contributed by atoms with Gasteiger partial charge in [-0.1, -0.05) is 20.8 Å². The maximum Gasteiger partial charge on any atom is 0.223 e. The average Bonchev–Trinajstić information content (AvgIpc) is 2.30. The van der Waals surface area contributed by atoms with Crippen molar-refractivity contribution in [2.75, 3.05) is 27.0 Å². The Morgan fingerprint density at radius 2 is 1.54 bits per heavy atom. The van der Waals surface area contributed by atoms with Crippen molar-refractivity contribution < 1.29 is 17.9 Å². The fraction of sp³-hybridized carbons (Fsp3) is 0.941. The molecule has 6 nitrogen and oxygen atoms in total. The highest BCUT2D eigenvalue weighted by atomic mass is 32.2. The van der Waals surface area contributed by atoms with E-state index in [2.05, 4.69) is 20.8 Å². The molecule has 0 aliphatic heterocycles. The second-order valence-corrected chi connectivity index (χ2v) is 10.6. The van der Waals surface area contributed by atoms with Gasteiger partial charge >= 0.3 is 0 Å². The van der Waals surface area contributed by atoms with Gasteiger partial charge in [-0.05, 0) is 33.1 Å². The number of carbonyl (C=O) groups excluding carboxylic acids is 1. The lowest BCUT2D eigenvalue weighted by Gasteiger charge is -2.40. The summed E-state index contributed by atoms with van der Waals surface area (Å²) < 4.78 is 32.1. The Labute approximate surface area is 148 Å². The molecule has 0 N–H and O–H groups in total. The number of hydrogen-bond donors (Lipinski definition) is 0. The molecule has 0 heterocycles. The van der Waals surface area contributed by atoms with E-state index in [1.165, 1.54) is 15.5 Å². The van der Waals surface area contributed by atoms with Gasteiger partial charge in [0, 0.05) is 26.1 Å². The number of ether oxygens (including phenoxy) is 1. The standard InChI is InChI=1S/C17H36N2O4S/c1-13(16(2,3)4)23-12-14(11-15(20)18(8)9)19(17(5,6)7)24(10,21)22/h13-14H,11-12H2,1-10H3. The van der Waals surface area contributed by atoms with Crippen molar-refractivity contribution >= 4 is 15.9 Å². The minimum Gasteiger partial charge on any atom is -0.376 e. The Morgan fingerprint density at radius 1 is 1.08 bits per heavy atom. The van der Waals surface area contributed by atoms with Crippen molar-refractivity contribution in [1.82, 2.24) is 9.21 Å². The summed E-state index contributed by atoms with van der Waals surface area (Å²) >= 11 is 0. The molecule has 0 bridgehead atoms. The molecular formula is C17H36N2O4S. The fourth-order valence-electron chi connectivity index (χ4n) is 2.42. The molecule has 1 amide bonds. The van der Waals surface area contributed by atoms with Crippen LogP contribution in [0.15, 0.2) is 0 Å². The quantitative estimate of drug-likeness (QED) is 0.695. The summed E-state index contributed by atoms with van der Waals surface area (Å²) in [5.74, 6) is -0.120. The van der Waals surface area contributed by atoms with Crippen LogP contribution in [0.2, 0.25) is 0 Å². The summed E-state index contributed by atoms with van der Waals surface area (Å²) in [4.78, 5) is 13.7. The summed E-state index contributed by atoms with van der Waals surface area (Å²) in [6.07, 6.45) is 1.21. The van der Waals surface area contributed by atoms with Crippen LogP contribution in [0.3, 0.4) is 0 Å². The highest BCUT2D eigenvalue weighted by molar-refractivity contribution is 7.88. The molecule has 0 aliphatic rings. The van der Waals surface area contributed by atoms with E-state index in [-0.39, 0.29) is 30.5 Å². The first kappa shape index (κ1) is 23.3. The molecule has 0 rings (SSSR count). The second kappa shape index (κ2) is 8.15. The van der Waals surface area contributed by atoms with E-state index in [0.717, 1.165) is 0 Å². The summed E-state index contributed by atoms with van der Waals surface area (Å²) in [6, 6.07) is -0.542. The number of sulfonamides is 1. The lowest BCUT2D eigenvalue weighted by molar-refractivity contribution is -0.131. The number of amides is 1. The van der Waals surface area contributed by atoms with Gasteiger partial charge in [0.25, 0.3) is 0 Å². The Morgan fingerprint density at radius 3 is 1.83 bits per heavy atom. The average molecular weight is 365 g/mol. The van der Waals surface area contributed by atoms with Gasteiger partial charge in [-0.25, -0.2) is 8.42 Å². The molecule has 2 unspecified atom stereocenters. The third-order valence-electron chi connectivity index (χ3n) is 4.02. The van der Waals surface area contributed by atoms with Crippen LogP contribution >= 0.6 is 0 Å². The molecule has 0 aliphatic carbocycles. The smallest absolute Gasteiger partial charge is 0.223 e. The Hall–Kier alpha value is -0.660. The first-order chi connectivity index (χ1) is 10.5. The zero-order valence-electron chi connectivity index (χ0n) is 17.0. The van der Waals surface area contributed by atoms with E-state index in [4.69, 9.17) is 4.74 Å². The predicted octanol–water partition coefficient (Wildman–Crippen LogP) is 2.34. The van der Waals surface area contributed by atoms with Gasteiger partial charge in [0.1, 0.15) is 0 Å². The molecule has 144 valence electrons. The van der Waals surface area contributed by atoms with Gasteiger partial charge < -0.3 is 9.64 Å². The van der Waals surface area contributed by atoms with Crippen LogP contribution in [-0.2, 0) is 19.6 Å². The van der Waals surface area contributed by atoms with Crippen molar-refractivity contribution in [1.29, 1.82) is 0 Å². The Kier molecular flexibility index (Phi) is 7.92. The van der Waals surface area contributed by atoms with Gasteiger partial charge in [-0.15, -0.1) is 0 Å². The van der Waals surface area contributed by atoms with Gasteiger partial charge in [0.15, 0.2) is 0 Å². The molecule has 0 aromatic rings. The van der Waals surface area contributed by atoms with E-state index >= 15 is 0 Å². The van der Waals surface area contributed by atoms with Gasteiger partial charge in [-0.2, -0.15) is 4.31 Å². The van der Waals surface area contributed by atoms with Crippen molar-refractivity contribution in [2.45, 2.75) is 72.6 Å². The zero-order valence-corrected chi connectivity index (χ0v) is 17.8. The third-order valence-corrected chi connectivity index (χ3v) is 5.58. The Balaban J connectivity index is 5.56. The van der Waals surface area contributed by atoms with E-state index < -0.39 is 21.6 Å². The molecule has 24 heavy (non-hydrogen) atoms. The molecule has 0 saturated carbocycles. The molecule has 0 aromatic carbocycles. The molecule has 0 aromatic heterocycles. The predicted molar refractivity (Wildman–Crippen MR) is 98.4 cm³/mol. The summed E-state index contributed by atoms with van der Waals surface area (Å²) in [5.41, 5.74) is -0.701. The molecule has 0 saturated heterocycles. The van der Waals surface area contributed by atoms with Crippen molar-refractivity contribution in [3.63, 3.8) is 0 Å². The highest BCUT2D eigenvalue weighted by Crippen LogP contribution is 2.26. The highest BCUT2D eigenvalue weighted by Gasteiger charge is 2.38. The molecule has 0 radical (unpaired) electrons. The molecule has 7 heteroatoms. The van der Waals surface area contributed by atoms with Crippen LogP contribution < -0.4 is 0 Å². The summed E-state index contributed by atoms with van der Waals surface area (Å²) in [7, 11) is -0.161. The van der Waals surface area contributed by atoms with E-state index in [1.807, 2.05) is 27.7 Å². The van der Waals surface area contributed by atoms with E-state index in [9.17, 15) is 13.2 Å². The van der Waals surface area contributed by atoms with Gasteiger partial charge in [-0.3, -0.25) is 4.79 Å². The van der Waals surface area contributed by atoms with E-state index in [1.54, 1.807) is 14.1 Å². The van der Waals surface area contributed by atoms with Gasteiger partial charge in [0.2, 0.25) is 15.9 Å². The number of nitrogens with zero attached hydrogens (tertiary/aromatic N) is 2. The van der Waals surface area contributed by atoms with Crippen molar-refractivity contribution in [3.8, 4) is 0 Å². The third kappa shape index (κ3) is 7.49. The van der Waals surface area contributed by atoms with Crippen LogP contribution in [0.5, 0.6) is 0 Å². The molecular weight excluding hydrogens is 328 g/mol. The van der Waals surface area contributed by atoms with Crippen molar-refractivity contribution in [2.24, 2.45) is 5.41 Å². The molecule has 0 fully saturated rings. The summed E-state index contributed by atoms with van der Waals surface area (Å²) in [5, 5.41) is 0. The number of carbonyl (C=O) groups is 1. The van der Waals surface area contributed by atoms with Crippen LogP contribution in [0, 0.1) is 5.41 Å². The SMILES string of the molecule is CC(OCC(CC(=O)N(C)C)N(C(C)(C)C)S(C)(=O)=O)C(C)(C)C. The maximum atomic E-state index is 12.4. The maximum absolute atomic E-state index is 12.4. The summed E-state index contributed by atoms with van der Waals surface area (Å²) in [6.45, 7) is 13.8. The van der Waals surface area contributed by atoms with Crippen LogP contribution in [-0.4, -0.2) is 68.2 Å². The lowest BCUT2D eigenvalue weighted by Crippen LogP contribution is -2.54. The first-order valence-electron chi connectivity index (χ1n) is 8.29. The first-order valence-corrected chi connectivity index (χ1v) is 10.1. The molecule has 2 atom stereocenters. The van der Waals surface area contributed by atoms with Crippen LogP contribution in [0.25, 0.3) is 0 Å². The van der Waals surface area contributed by atoms with Gasteiger partial charge in [0.05, 0.1) is 25.0 Å². The topological polar surface area (TPSA) is 66.9 Å².